The first-order chi connectivity index (χ1) is 17.9. The lowest BCUT2D eigenvalue weighted by molar-refractivity contribution is 0.0645. The Balaban J connectivity index is 1.62. The summed E-state index contributed by atoms with van der Waals surface area (Å²) in [5, 5.41) is 24.0. The van der Waals surface area contributed by atoms with Gasteiger partial charge in [-0.1, -0.05) is 81.9 Å². The molecule has 6 rings (SSSR count). The molecule has 4 aromatic rings. The zero-order valence-corrected chi connectivity index (χ0v) is 24.2. The third kappa shape index (κ3) is 3.89. The van der Waals surface area contributed by atoms with Crippen molar-refractivity contribution in [1.29, 1.82) is 0 Å². The van der Waals surface area contributed by atoms with Gasteiger partial charge in [-0.2, -0.15) is 0 Å². The summed E-state index contributed by atoms with van der Waals surface area (Å²) in [5.74, 6) is 0.333. The number of fused-ring (bicyclic) bond motifs is 7. The first kappa shape index (κ1) is 25.5. The number of aryl methyl sites for hydroxylation is 2. The van der Waals surface area contributed by atoms with Crippen molar-refractivity contribution < 1.29 is 10.2 Å². The highest BCUT2D eigenvalue weighted by atomic mass is 32.2. The molecule has 3 heteroatoms. The van der Waals surface area contributed by atoms with Crippen LogP contribution in [0.4, 0.5) is 0 Å². The maximum Gasteiger partial charge on any atom is 0.123 e. The zero-order chi connectivity index (χ0) is 27.0. The molecule has 0 bridgehead atoms. The molecule has 2 aliphatic carbocycles. The molecular formula is C35H38O2S. The number of phenols is 1. The van der Waals surface area contributed by atoms with E-state index in [1.165, 1.54) is 44.7 Å². The fraction of sp³-hybridized carbons (Fsp3) is 0.371. The monoisotopic (exact) mass is 522 g/mol. The quantitative estimate of drug-likeness (QED) is 0.282. The maximum absolute atomic E-state index is 11.6. The molecule has 1 spiro atoms. The maximum atomic E-state index is 11.6. The van der Waals surface area contributed by atoms with Gasteiger partial charge in [-0.25, -0.2) is 0 Å². The second kappa shape index (κ2) is 8.63. The van der Waals surface area contributed by atoms with Crippen LogP contribution in [0.5, 0.6) is 5.75 Å². The van der Waals surface area contributed by atoms with Crippen molar-refractivity contribution in [3.8, 4) is 16.9 Å². The van der Waals surface area contributed by atoms with Gasteiger partial charge in [-0.15, -0.1) is 0 Å². The summed E-state index contributed by atoms with van der Waals surface area (Å²) in [7, 11) is 0. The molecule has 4 aromatic carbocycles. The van der Waals surface area contributed by atoms with Gasteiger partial charge in [0.15, 0.2) is 0 Å². The van der Waals surface area contributed by atoms with Crippen LogP contribution in [0.25, 0.3) is 21.9 Å². The third-order valence-electron chi connectivity index (χ3n) is 8.83. The second-order valence-electron chi connectivity index (χ2n) is 13.3. The number of hydrogen-bond donors (Lipinski definition) is 2. The molecule has 0 aliphatic heterocycles. The molecule has 0 radical (unpaired) electrons. The van der Waals surface area contributed by atoms with Crippen molar-refractivity contribution in [1.82, 2.24) is 0 Å². The van der Waals surface area contributed by atoms with E-state index in [0.29, 0.717) is 5.75 Å². The van der Waals surface area contributed by atoms with Crippen molar-refractivity contribution >= 4 is 22.5 Å². The number of aromatic hydroxyl groups is 1. The van der Waals surface area contributed by atoms with E-state index < -0.39 is 0 Å². The molecule has 0 atom stereocenters. The smallest absolute Gasteiger partial charge is 0.123 e. The van der Waals surface area contributed by atoms with Crippen molar-refractivity contribution in [2.24, 2.45) is 10.8 Å². The second-order valence-corrected chi connectivity index (χ2v) is 14.3. The van der Waals surface area contributed by atoms with Crippen LogP contribution in [0.2, 0.25) is 0 Å². The number of benzene rings is 4. The van der Waals surface area contributed by atoms with Gasteiger partial charge < -0.3 is 10.2 Å². The Morgan fingerprint density at radius 2 is 1.42 bits per heavy atom. The Morgan fingerprint density at radius 3 is 2.08 bits per heavy atom. The highest BCUT2D eigenvalue weighted by Crippen LogP contribution is 2.64. The van der Waals surface area contributed by atoms with Crippen molar-refractivity contribution in [3.63, 3.8) is 0 Å². The molecule has 0 amide bonds. The van der Waals surface area contributed by atoms with Crippen LogP contribution < -0.4 is 0 Å². The van der Waals surface area contributed by atoms with Crippen LogP contribution in [-0.4, -0.2) is 10.2 Å². The zero-order valence-electron chi connectivity index (χ0n) is 23.4. The van der Waals surface area contributed by atoms with Gasteiger partial charge in [0.05, 0.1) is 6.61 Å². The molecule has 196 valence electrons. The summed E-state index contributed by atoms with van der Waals surface area (Å²) in [6.45, 7) is 13.8. The van der Waals surface area contributed by atoms with Crippen molar-refractivity contribution in [2.75, 3.05) is 0 Å². The highest BCUT2D eigenvalue weighted by Gasteiger charge is 2.53. The van der Waals surface area contributed by atoms with E-state index in [1.807, 2.05) is 0 Å². The number of aliphatic hydroxyl groups is 1. The lowest BCUT2D eigenvalue weighted by Crippen LogP contribution is -2.43. The number of phenolic OH excluding ortho intramolecular Hbond substituents is 1. The summed E-state index contributed by atoms with van der Waals surface area (Å²) in [6, 6.07) is 21.5. The van der Waals surface area contributed by atoms with E-state index in [0.717, 1.165) is 34.1 Å². The third-order valence-corrected chi connectivity index (χ3v) is 10.3. The van der Waals surface area contributed by atoms with Gasteiger partial charge in [0, 0.05) is 20.6 Å². The van der Waals surface area contributed by atoms with Crippen LogP contribution in [0.15, 0.2) is 70.5 Å². The van der Waals surface area contributed by atoms with Gasteiger partial charge in [0.25, 0.3) is 0 Å². The Hall–Kier alpha value is -2.75. The number of hydrogen-bond acceptors (Lipinski definition) is 3. The van der Waals surface area contributed by atoms with Gasteiger partial charge in [-0.3, -0.25) is 0 Å². The fourth-order valence-electron chi connectivity index (χ4n) is 8.19. The Labute approximate surface area is 231 Å². The van der Waals surface area contributed by atoms with Crippen LogP contribution >= 0.6 is 11.8 Å². The van der Waals surface area contributed by atoms with Gasteiger partial charge in [0.1, 0.15) is 5.75 Å². The Kier molecular flexibility index (Phi) is 5.79. The molecular weight excluding hydrogens is 484 g/mol. The molecule has 0 saturated heterocycles. The first-order valence-electron chi connectivity index (χ1n) is 13.7. The molecule has 2 N–H and O–H groups in total. The Morgan fingerprint density at radius 1 is 0.763 bits per heavy atom. The van der Waals surface area contributed by atoms with Crippen LogP contribution in [0.3, 0.4) is 0 Å². The summed E-state index contributed by atoms with van der Waals surface area (Å²) in [5.41, 5.74) is 8.73. The van der Waals surface area contributed by atoms with E-state index >= 15 is 0 Å². The van der Waals surface area contributed by atoms with Crippen LogP contribution in [-0.2, 0) is 12.0 Å². The van der Waals surface area contributed by atoms with Crippen molar-refractivity contribution in [2.45, 2.75) is 82.6 Å². The number of aliphatic hydroxyl groups excluding tert-OH is 1. The summed E-state index contributed by atoms with van der Waals surface area (Å²) in [6.07, 6.45) is 3.31. The lowest BCUT2D eigenvalue weighted by Gasteiger charge is -2.51. The van der Waals surface area contributed by atoms with E-state index in [2.05, 4.69) is 102 Å². The predicted molar refractivity (Wildman–Crippen MR) is 159 cm³/mol. The lowest BCUT2D eigenvalue weighted by atomic mass is 9.52. The number of rotatable bonds is 3. The molecule has 1 fully saturated rings. The molecule has 38 heavy (non-hydrogen) atoms. The van der Waals surface area contributed by atoms with Crippen LogP contribution in [0, 0.1) is 24.7 Å². The summed E-state index contributed by atoms with van der Waals surface area (Å²) < 4.78 is 0. The normalized spacial score (nSPS) is 18.5. The van der Waals surface area contributed by atoms with E-state index in [1.54, 1.807) is 11.8 Å². The fourth-order valence-corrected chi connectivity index (χ4v) is 9.30. The minimum atomic E-state index is -0.131. The van der Waals surface area contributed by atoms with Gasteiger partial charge in [-0.05, 0) is 106 Å². The molecule has 1 saturated carbocycles. The molecule has 2 nitrogen and oxygen atoms in total. The standard InChI is InChI=1S/C35H38O2S/c1-21-10-9-11-22(2)32(21)38-30-15-25-26(14-23(30)17-36)31-24-12-7-8-13-27(24)35(28(31)16-29(25)37)19-33(3,4)18-34(5,6)20-35/h7-16,36-37H,17-20H2,1-6H3. The van der Waals surface area contributed by atoms with E-state index in [-0.39, 0.29) is 22.9 Å². The van der Waals surface area contributed by atoms with Gasteiger partial charge in [0.2, 0.25) is 0 Å². The Bertz CT molecular complexity index is 1560. The van der Waals surface area contributed by atoms with Crippen molar-refractivity contribution in [3.05, 3.63) is 88.5 Å². The average molecular weight is 523 g/mol. The van der Waals surface area contributed by atoms with Gasteiger partial charge >= 0.3 is 0 Å². The van der Waals surface area contributed by atoms with Crippen LogP contribution in [0.1, 0.15) is 74.8 Å². The topological polar surface area (TPSA) is 40.5 Å². The average Bonchev–Trinajstić information content (AvgIpc) is 3.07. The SMILES string of the molecule is Cc1cccc(C)c1Sc1cc2c(O)cc3c(c2cc1CO)-c1ccccc1C31CC(C)(C)CC(C)(C)C1. The summed E-state index contributed by atoms with van der Waals surface area (Å²) in [4.78, 5) is 2.20. The molecule has 2 aliphatic rings. The largest absolute Gasteiger partial charge is 0.507 e. The van der Waals surface area contributed by atoms with E-state index in [4.69, 9.17) is 0 Å². The predicted octanol–water partition coefficient (Wildman–Crippen LogP) is 9.31. The summed E-state index contributed by atoms with van der Waals surface area (Å²) >= 11 is 1.68. The molecule has 0 unspecified atom stereocenters. The minimum Gasteiger partial charge on any atom is -0.507 e. The molecule has 0 aromatic heterocycles. The highest BCUT2D eigenvalue weighted by molar-refractivity contribution is 7.99. The first-order valence-corrected chi connectivity index (χ1v) is 14.5. The van der Waals surface area contributed by atoms with E-state index in [9.17, 15) is 10.2 Å². The minimum absolute atomic E-state index is 0.0412. The molecule has 0 heterocycles.